The molecule has 1 amide bonds. The highest BCUT2D eigenvalue weighted by atomic mass is 35.5. The number of methoxy groups -OCH3 is 2. The molecule has 0 radical (unpaired) electrons. The second-order valence-electron chi connectivity index (χ2n) is 5.52. The first-order chi connectivity index (χ1) is 13.0. The van der Waals surface area contributed by atoms with Crippen LogP contribution in [-0.4, -0.2) is 55.7 Å². The molecule has 0 atom stereocenters. The average molecular weight is 397 g/mol. The van der Waals surface area contributed by atoms with Crippen LogP contribution in [0.15, 0.2) is 34.9 Å². The quantitative estimate of drug-likeness (QED) is 0.450. The molecule has 27 heavy (non-hydrogen) atoms. The molecule has 0 saturated carbocycles. The largest absolute Gasteiger partial charge is 0.484 e. The van der Waals surface area contributed by atoms with E-state index in [2.05, 4.69) is 9.72 Å². The first-order valence-electron chi connectivity index (χ1n) is 8.21. The maximum Gasteiger partial charge on any atom is 0.360 e. The van der Waals surface area contributed by atoms with Gasteiger partial charge in [0.05, 0.1) is 13.7 Å². The van der Waals surface area contributed by atoms with E-state index >= 15 is 0 Å². The molecule has 0 fully saturated rings. The lowest BCUT2D eigenvalue weighted by Crippen LogP contribution is -2.35. The first-order valence-corrected chi connectivity index (χ1v) is 8.59. The maximum absolute atomic E-state index is 12.6. The van der Waals surface area contributed by atoms with Gasteiger partial charge in [-0.05, 0) is 30.7 Å². The highest BCUT2D eigenvalue weighted by molar-refractivity contribution is 6.30. The van der Waals surface area contributed by atoms with Gasteiger partial charge in [-0.15, -0.1) is 0 Å². The van der Waals surface area contributed by atoms with Crippen molar-refractivity contribution in [3.8, 4) is 5.75 Å². The number of oxazole rings is 1. The number of halogens is 1. The Hall–Kier alpha value is -2.58. The van der Waals surface area contributed by atoms with Gasteiger partial charge in [0, 0.05) is 25.3 Å². The van der Waals surface area contributed by atoms with Gasteiger partial charge in [0.2, 0.25) is 5.89 Å². The lowest BCUT2D eigenvalue weighted by molar-refractivity contribution is -0.134. The van der Waals surface area contributed by atoms with Crippen molar-refractivity contribution in [3.63, 3.8) is 0 Å². The summed E-state index contributed by atoms with van der Waals surface area (Å²) in [6.07, 6.45) is 1.83. The third kappa shape index (κ3) is 6.58. The summed E-state index contributed by atoms with van der Waals surface area (Å²) >= 11 is 5.83. The number of aromatic nitrogens is 1. The lowest BCUT2D eigenvalue weighted by Gasteiger charge is -2.21. The molecule has 1 aromatic heterocycles. The summed E-state index contributed by atoms with van der Waals surface area (Å²) in [6, 6.07) is 6.72. The van der Waals surface area contributed by atoms with Crippen LogP contribution in [0.2, 0.25) is 5.02 Å². The van der Waals surface area contributed by atoms with E-state index in [1.165, 1.54) is 18.3 Å². The van der Waals surface area contributed by atoms with Crippen LogP contribution < -0.4 is 4.74 Å². The Labute approximate surface area is 162 Å². The number of hydrogen-bond donors (Lipinski definition) is 0. The number of hydrogen-bond acceptors (Lipinski definition) is 7. The van der Waals surface area contributed by atoms with Crippen LogP contribution in [0.4, 0.5) is 0 Å². The fraction of sp³-hybridized carbons (Fsp3) is 0.389. The second-order valence-corrected chi connectivity index (χ2v) is 5.96. The average Bonchev–Trinajstić information content (AvgIpc) is 3.14. The predicted octanol–water partition coefficient (Wildman–Crippen LogP) is 2.56. The number of ether oxygens (including phenoxy) is 3. The highest BCUT2D eigenvalue weighted by Gasteiger charge is 2.19. The summed E-state index contributed by atoms with van der Waals surface area (Å²) in [5.41, 5.74) is 0.0502. The fourth-order valence-corrected chi connectivity index (χ4v) is 2.33. The van der Waals surface area contributed by atoms with Crippen molar-refractivity contribution >= 4 is 23.5 Å². The standard InChI is InChI=1S/C18H21ClN2O6/c1-24-9-3-8-21(10-16-20-15(11-27-16)18(23)25-2)17(22)12-26-14-6-4-13(19)5-7-14/h4-7,11H,3,8-10,12H2,1-2H3. The Morgan fingerprint density at radius 1 is 1.22 bits per heavy atom. The SMILES string of the molecule is COCCCN(Cc1nc(C(=O)OC)co1)C(=O)COc1ccc(Cl)cc1. The predicted molar refractivity (Wildman–Crippen MR) is 96.7 cm³/mol. The van der Waals surface area contributed by atoms with Gasteiger partial charge in [-0.3, -0.25) is 4.79 Å². The number of carbonyl (C=O) groups is 2. The van der Waals surface area contributed by atoms with Crippen molar-refractivity contribution < 1.29 is 28.2 Å². The topological polar surface area (TPSA) is 91.1 Å². The molecule has 1 aromatic carbocycles. The Kier molecular flexibility index (Phi) is 8.09. The number of benzene rings is 1. The van der Waals surface area contributed by atoms with Gasteiger partial charge in [0.1, 0.15) is 12.0 Å². The fourth-order valence-electron chi connectivity index (χ4n) is 2.20. The first kappa shape index (κ1) is 20.7. The number of rotatable bonds is 10. The van der Waals surface area contributed by atoms with E-state index in [0.29, 0.717) is 30.3 Å². The highest BCUT2D eigenvalue weighted by Crippen LogP contribution is 2.16. The monoisotopic (exact) mass is 396 g/mol. The van der Waals surface area contributed by atoms with Crippen molar-refractivity contribution in [1.82, 2.24) is 9.88 Å². The van der Waals surface area contributed by atoms with Gasteiger partial charge in [-0.1, -0.05) is 11.6 Å². The Morgan fingerprint density at radius 2 is 1.96 bits per heavy atom. The summed E-state index contributed by atoms with van der Waals surface area (Å²) in [7, 11) is 2.85. The molecular formula is C18H21ClN2O6. The Morgan fingerprint density at radius 3 is 2.63 bits per heavy atom. The normalized spacial score (nSPS) is 10.5. The van der Waals surface area contributed by atoms with E-state index in [9.17, 15) is 9.59 Å². The van der Waals surface area contributed by atoms with Crippen LogP contribution in [0.5, 0.6) is 5.75 Å². The van der Waals surface area contributed by atoms with Crippen LogP contribution in [-0.2, 0) is 20.8 Å². The molecule has 0 N–H and O–H groups in total. The molecule has 0 unspecified atom stereocenters. The van der Waals surface area contributed by atoms with E-state index in [1.54, 1.807) is 31.4 Å². The van der Waals surface area contributed by atoms with Gasteiger partial charge in [0.15, 0.2) is 12.3 Å². The molecule has 146 valence electrons. The molecule has 2 aromatic rings. The Bertz CT molecular complexity index is 747. The van der Waals surface area contributed by atoms with E-state index in [1.807, 2.05) is 0 Å². The number of amides is 1. The Balaban J connectivity index is 1.98. The molecule has 0 aliphatic heterocycles. The summed E-state index contributed by atoms with van der Waals surface area (Å²) in [5, 5.41) is 0.583. The van der Waals surface area contributed by atoms with Crippen LogP contribution in [0.1, 0.15) is 22.8 Å². The van der Waals surface area contributed by atoms with Crippen LogP contribution in [0.25, 0.3) is 0 Å². The molecule has 9 heteroatoms. The molecule has 0 spiro atoms. The molecular weight excluding hydrogens is 376 g/mol. The number of esters is 1. The minimum absolute atomic E-state index is 0.0502. The van der Waals surface area contributed by atoms with Gasteiger partial charge < -0.3 is 23.5 Å². The minimum atomic E-state index is -0.603. The molecule has 1 heterocycles. The zero-order chi connectivity index (χ0) is 19.6. The van der Waals surface area contributed by atoms with Crippen LogP contribution >= 0.6 is 11.6 Å². The van der Waals surface area contributed by atoms with Crippen molar-refractivity contribution in [2.24, 2.45) is 0 Å². The van der Waals surface area contributed by atoms with Gasteiger partial charge >= 0.3 is 5.97 Å². The summed E-state index contributed by atoms with van der Waals surface area (Å²) in [5.74, 6) is -0.0893. The third-order valence-electron chi connectivity index (χ3n) is 3.58. The smallest absolute Gasteiger partial charge is 0.360 e. The van der Waals surface area contributed by atoms with E-state index in [-0.39, 0.29) is 30.6 Å². The summed E-state index contributed by atoms with van der Waals surface area (Å²) in [4.78, 5) is 29.6. The molecule has 8 nitrogen and oxygen atoms in total. The van der Waals surface area contributed by atoms with E-state index in [0.717, 1.165) is 0 Å². The van der Waals surface area contributed by atoms with Crippen molar-refractivity contribution in [3.05, 3.63) is 47.1 Å². The summed E-state index contributed by atoms with van der Waals surface area (Å²) < 4.78 is 20.4. The maximum atomic E-state index is 12.6. The number of nitrogens with zero attached hydrogens (tertiary/aromatic N) is 2. The molecule has 0 saturated heterocycles. The van der Waals surface area contributed by atoms with Gasteiger partial charge in [-0.2, -0.15) is 0 Å². The molecule has 0 aliphatic rings. The lowest BCUT2D eigenvalue weighted by atomic mass is 10.3. The zero-order valence-electron chi connectivity index (χ0n) is 15.1. The van der Waals surface area contributed by atoms with Crippen LogP contribution in [0, 0.1) is 0 Å². The van der Waals surface area contributed by atoms with Gasteiger partial charge in [-0.25, -0.2) is 9.78 Å². The van der Waals surface area contributed by atoms with E-state index < -0.39 is 5.97 Å². The molecule has 0 bridgehead atoms. The third-order valence-corrected chi connectivity index (χ3v) is 3.83. The summed E-state index contributed by atoms with van der Waals surface area (Å²) in [6.45, 7) is 0.871. The van der Waals surface area contributed by atoms with E-state index in [4.69, 9.17) is 25.5 Å². The zero-order valence-corrected chi connectivity index (χ0v) is 15.9. The van der Waals surface area contributed by atoms with Crippen LogP contribution in [0.3, 0.4) is 0 Å². The second kappa shape index (κ2) is 10.5. The van der Waals surface area contributed by atoms with Crippen molar-refractivity contribution in [2.45, 2.75) is 13.0 Å². The van der Waals surface area contributed by atoms with Crippen molar-refractivity contribution in [1.29, 1.82) is 0 Å². The van der Waals surface area contributed by atoms with Crippen molar-refractivity contribution in [2.75, 3.05) is 34.0 Å². The molecule has 2 rings (SSSR count). The van der Waals surface area contributed by atoms with Gasteiger partial charge in [0.25, 0.3) is 5.91 Å². The number of carbonyl (C=O) groups excluding carboxylic acids is 2. The minimum Gasteiger partial charge on any atom is -0.484 e. The molecule has 0 aliphatic carbocycles.